The number of Topliss-reactive ketones (excluding diaryl/α,β-unsaturated/α-hetero) is 1. The molecule has 0 spiro atoms. The van der Waals surface area contributed by atoms with Gasteiger partial charge in [0.25, 0.3) is 0 Å². The minimum atomic E-state index is -0.0507. The van der Waals surface area contributed by atoms with Crippen molar-refractivity contribution in [1.82, 2.24) is 10.4 Å². The normalized spacial score (nSPS) is 29.8. The molecule has 1 aliphatic heterocycles. The van der Waals surface area contributed by atoms with Gasteiger partial charge in [-0.3, -0.25) is 9.69 Å². The lowest BCUT2D eigenvalue weighted by atomic mass is 9.95. The van der Waals surface area contributed by atoms with Gasteiger partial charge in [-0.25, -0.2) is 0 Å². The summed E-state index contributed by atoms with van der Waals surface area (Å²) >= 11 is 0. The van der Waals surface area contributed by atoms with Crippen LogP contribution in [0.2, 0.25) is 0 Å². The predicted molar refractivity (Wildman–Crippen MR) is 68.5 cm³/mol. The molecule has 0 aromatic rings. The van der Waals surface area contributed by atoms with Crippen LogP contribution in [0.3, 0.4) is 0 Å². The summed E-state index contributed by atoms with van der Waals surface area (Å²) < 4.78 is 5.24. The van der Waals surface area contributed by atoms with Gasteiger partial charge in [-0.05, 0) is 27.3 Å². The second kappa shape index (κ2) is 6.74. The van der Waals surface area contributed by atoms with Gasteiger partial charge in [-0.2, -0.15) is 0 Å². The Kier molecular flexibility index (Phi) is 5.60. The van der Waals surface area contributed by atoms with Gasteiger partial charge in [0.05, 0.1) is 18.7 Å². The number of rotatable bonds is 6. The third-order valence-electron chi connectivity index (χ3n) is 3.64. The van der Waals surface area contributed by atoms with E-state index in [4.69, 9.17) is 16.0 Å². The van der Waals surface area contributed by atoms with Crippen LogP contribution < -0.4 is 5.48 Å². The Hall–Kier alpha value is -1.09. The molecule has 0 amide bonds. The zero-order valence-corrected chi connectivity index (χ0v) is 11.5. The van der Waals surface area contributed by atoms with Crippen molar-refractivity contribution in [3.05, 3.63) is 0 Å². The van der Waals surface area contributed by atoms with E-state index in [2.05, 4.69) is 16.5 Å². The Morgan fingerprint density at radius 3 is 2.83 bits per heavy atom. The molecule has 1 saturated heterocycles. The Bertz CT molecular complexity index is 327. The summed E-state index contributed by atoms with van der Waals surface area (Å²) in [6.07, 6.45) is 7.95. The molecule has 1 heterocycles. The molecule has 18 heavy (non-hydrogen) atoms. The minimum Gasteiger partial charge on any atom is -0.384 e. The van der Waals surface area contributed by atoms with Gasteiger partial charge in [0, 0.05) is 19.1 Å². The number of nitrogens with one attached hydrogen (secondary N) is 1. The summed E-state index contributed by atoms with van der Waals surface area (Å²) in [7, 11) is 3.63. The van der Waals surface area contributed by atoms with E-state index in [1.165, 1.54) is 0 Å². The van der Waals surface area contributed by atoms with Crippen molar-refractivity contribution in [3.63, 3.8) is 0 Å². The van der Waals surface area contributed by atoms with Crippen LogP contribution >= 0.6 is 0 Å². The molecular formula is C13H22N2O3. The molecule has 1 N–H and O–H groups in total. The van der Waals surface area contributed by atoms with Gasteiger partial charge in [-0.15, -0.1) is 5.48 Å². The summed E-state index contributed by atoms with van der Waals surface area (Å²) in [6, 6.07) is 0.132. The van der Waals surface area contributed by atoms with E-state index in [1.54, 1.807) is 14.0 Å². The number of methoxy groups -OCH3 is 1. The molecule has 5 heteroatoms. The zero-order chi connectivity index (χ0) is 13.7. The highest BCUT2D eigenvalue weighted by Gasteiger charge is 2.43. The summed E-state index contributed by atoms with van der Waals surface area (Å²) in [4.78, 5) is 18.5. The first-order chi connectivity index (χ1) is 8.52. The summed E-state index contributed by atoms with van der Waals surface area (Å²) in [5.74, 6) is 0.476. The summed E-state index contributed by atoms with van der Waals surface area (Å²) in [5, 5.41) is 0. The van der Waals surface area contributed by atoms with E-state index >= 15 is 0 Å². The summed E-state index contributed by atoms with van der Waals surface area (Å²) in [5.41, 5.74) is 2.81. The molecular weight excluding hydrogens is 232 g/mol. The van der Waals surface area contributed by atoms with Gasteiger partial charge >= 0.3 is 0 Å². The smallest absolute Gasteiger partial charge is 0.146 e. The molecule has 0 bridgehead atoms. The number of carbonyl (C=O) groups is 1. The Morgan fingerprint density at radius 2 is 2.33 bits per heavy atom. The van der Waals surface area contributed by atoms with Crippen LogP contribution in [0, 0.1) is 18.4 Å². The monoisotopic (exact) mass is 254 g/mol. The summed E-state index contributed by atoms with van der Waals surface area (Å²) in [6.45, 7) is 4.24. The van der Waals surface area contributed by atoms with E-state index in [0.29, 0.717) is 6.61 Å². The molecule has 5 nitrogen and oxygen atoms in total. The molecule has 0 radical (unpaired) electrons. The third kappa shape index (κ3) is 3.22. The third-order valence-corrected chi connectivity index (χ3v) is 3.64. The fraction of sp³-hybridized carbons (Fsp3) is 0.769. The first kappa shape index (κ1) is 15.0. The number of likely N-dealkylation sites (N-methyl/N-ethyl adjacent to an activating group) is 1. The van der Waals surface area contributed by atoms with E-state index in [1.807, 2.05) is 14.0 Å². The quantitative estimate of drug-likeness (QED) is 0.549. The standard InChI is InChI=1S/C13H22N2O3/c1-6-18-14-9(2)13-11(8-17-5)7-12(10(3)16)15(13)4/h1,9,11-14H,7-8H2,2-5H3. The molecule has 0 aromatic carbocycles. The number of ether oxygens (including phenoxy) is 1. The van der Waals surface area contributed by atoms with Gasteiger partial charge < -0.3 is 9.57 Å². The van der Waals surface area contributed by atoms with Crippen LogP contribution in [0.25, 0.3) is 0 Å². The van der Waals surface area contributed by atoms with Crippen molar-refractivity contribution in [1.29, 1.82) is 0 Å². The minimum absolute atomic E-state index is 0.0237. The lowest BCUT2D eigenvalue weighted by molar-refractivity contribution is -0.121. The topological polar surface area (TPSA) is 50.8 Å². The number of nitrogens with zero attached hydrogens (tertiary/aromatic N) is 1. The van der Waals surface area contributed by atoms with Crippen molar-refractivity contribution in [2.24, 2.45) is 5.92 Å². The largest absolute Gasteiger partial charge is 0.384 e. The average Bonchev–Trinajstić information content (AvgIpc) is 2.64. The van der Waals surface area contributed by atoms with Crippen molar-refractivity contribution in [2.45, 2.75) is 38.4 Å². The first-order valence-corrected chi connectivity index (χ1v) is 6.11. The Morgan fingerprint density at radius 1 is 1.67 bits per heavy atom. The maximum Gasteiger partial charge on any atom is 0.146 e. The number of ketones is 1. The van der Waals surface area contributed by atoms with Gasteiger partial charge in [0.2, 0.25) is 0 Å². The van der Waals surface area contributed by atoms with E-state index < -0.39 is 0 Å². The molecule has 4 atom stereocenters. The lowest BCUT2D eigenvalue weighted by Gasteiger charge is -2.31. The fourth-order valence-corrected chi connectivity index (χ4v) is 2.92. The molecule has 0 aromatic heterocycles. The van der Waals surface area contributed by atoms with Crippen LogP contribution in [-0.2, 0) is 14.4 Å². The molecule has 4 unspecified atom stereocenters. The number of hydroxylamine groups is 1. The van der Waals surface area contributed by atoms with Gasteiger partial charge in [0.1, 0.15) is 11.9 Å². The molecule has 102 valence electrons. The van der Waals surface area contributed by atoms with E-state index in [0.717, 1.165) is 6.42 Å². The molecule has 0 aliphatic carbocycles. The zero-order valence-electron chi connectivity index (χ0n) is 11.5. The molecule has 1 fully saturated rings. The van der Waals surface area contributed by atoms with Gasteiger partial charge in [0.15, 0.2) is 0 Å². The highest BCUT2D eigenvalue weighted by Crippen LogP contribution is 2.31. The van der Waals surface area contributed by atoms with Crippen molar-refractivity contribution < 1.29 is 14.4 Å². The molecule has 1 rings (SSSR count). The van der Waals surface area contributed by atoms with Crippen LogP contribution in [-0.4, -0.2) is 49.6 Å². The maximum atomic E-state index is 11.6. The van der Waals surface area contributed by atoms with Crippen LogP contribution in [0.1, 0.15) is 20.3 Å². The highest BCUT2D eigenvalue weighted by atomic mass is 16.6. The second-order valence-electron chi connectivity index (χ2n) is 4.86. The predicted octanol–water partition coefficient (Wildman–Crippen LogP) is 0.411. The fourth-order valence-electron chi connectivity index (χ4n) is 2.92. The second-order valence-corrected chi connectivity index (χ2v) is 4.86. The highest BCUT2D eigenvalue weighted by molar-refractivity contribution is 5.81. The van der Waals surface area contributed by atoms with Crippen LogP contribution in [0.15, 0.2) is 0 Å². The van der Waals surface area contributed by atoms with Crippen molar-refractivity contribution in [3.8, 4) is 12.5 Å². The number of carbonyl (C=O) groups excluding carboxylic acids is 1. The molecule has 1 aliphatic rings. The van der Waals surface area contributed by atoms with Gasteiger partial charge in [-0.1, -0.05) is 6.42 Å². The maximum absolute atomic E-state index is 11.6. The van der Waals surface area contributed by atoms with E-state index in [9.17, 15) is 4.79 Å². The number of hydrogen-bond acceptors (Lipinski definition) is 5. The number of likely N-dealkylation sites (tertiary alicyclic amines) is 1. The number of terminal acetylenes is 1. The SMILES string of the molecule is C#CONC(C)C1C(COC)CC(C(C)=O)N1C. The molecule has 0 saturated carbocycles. The van der Waals surface area contributed by atoms with E-state index in [-0.39, 0.29) is 29.8 Å². The lowest BCUT2D eigenvalue weighted by Crippen LogP contribution is -2.49. The Labute approximate surface area is 109 Å². The van der Waals surface area contributed by atoms with Crippen molar-refractivity contribution in [2.75, 3.05) is 20.8 Å². The number of hydrogen-bond donors (Lipinski definition) is 1. The van der Waals surface area contributed by atoms with Crippen LogP contribution in [0.4, 0.5) is 0 Å². The Balaban J connectivity index is 2.77. The van der Waals surface area contributed by atoms with Crippen LogP contribution in [0.5, 0.6) is 0 Å². The average molecular weight is 254 g/mol. The van der Waals surface area contributed by atoms with Crippen molar-refractivity contribution >= 4 is 5.78 Å². The first-order valence-electron chi connectivity index (χ1n) is 6.11.